The Morgan fingerprint density at radius 3 is 2.65 bits per heavy atom. The average Bonchev–Trinajstić information content (AvgIpc) is 2.72. The van der Waals surface area contributed by atoms with Crippen molar-refractivity contribution >= 4 is 11.3 Å². The van der Waals surface area contributed by atoms with Crippen LogP contribution in [0.2, 0.25) is 0 Å². The highest BCUT2D eigenvalue weighted by Crippen LogP contribution is 2.29. The molecule has 0 bridgehead atoms. The molecule has 0 saturated carbocycles. The number of thiophene rings is 1. The van der Waals surface area contributed by atoms with Gasteiger partial charge in [0.05, 0.1) is 12.6 Å². The summed E-state index contributed by atoms with van der Waals surface area (Å²) < 4.78 is 5.25. The third-order valence-electron chi connectivity index (χ3n) is 3.17. The van der Waals surface area contributed by atoms with Gasteiger partial charge in [0.2, 0.25) is 0 Å². The Balaban J connectivity index is 2.87. The van der Waals surface area contributed by atoms with Crippen LogP contribution in [0.1, 0.15) is 30.3 Å². The van der Waals surface area contributed by atoms with E-state index in [4.69, 9.17) is 10.5 Å². The SMILES string of the molecule is CCN(C(C)COC)C(CN)c1sccc1C. The summed E-state index contributed by atoms with van der Waals surface area (Å²) in [5.74, 6) is 0. The van der Waals surface area contributed by atoms with E-state index in [-0.39, 0.29) is 0 Å². The molecule has 1 aromatic rings. The normalized spacial score (nSPS) is 15.2. The van der Waals surface area contributed by atoms with Gasteiger partial charge in [-0.25, -0.2) is 0 Å². The molecule has 0 fully saturated rings. The van der Waals surface area contributed by atoms with Crippen LogP contribution in [0.25, 0.3) is 0 Å². The summed E-state index contributed by atoms with van der Waals surface area (Å²) in [6.07, 6.45) is 0. The van der Waals surface area contributed by atoms with E-state index in [0.29, 0.717) is 18.6 Å². The molecule has 0 radical (unpaired) electrons. The molecule has 0 aliphatic carbocycles. The van der Waals surface area contributed by atoms with Gasteiger partial charge in [-0.2, -0.15) is 0 Å². The summed E-state index contributed by atoms with van der Waals surface area (Å²) in [6, 6.07) is 2.86. The van der Waals surface area contributed by atoms with Gasteiger partial charge in [-0.15, -0.1) is 11.3 Å². The number of nitrogens with two attached hydrogens (primary N) is 1. The van der Waals surface area contributed by atoms with Crippen LogP contribution in [0.5, 0.6) is 0 Å². The molecule has 3 nitrogen and oxygen atoms in total. The number of aryl methyl sites for hydroxylation is 1. The smallest absolute Gasteiger partial charge is 0.0615 e. The third-order valence-corrected chi connectivity index (χ3v) is 4.29. The highest BCUT2D eigenvalue weighted by Gasteiger charge is 2.24. The topological polar surface area (TPSA) is 38.5 Å². The van der Waals surface area contributed by atoms with Crippen molar-refractivity contribution in [2.45, 2.75) is 32.9 Å². The van der Waals surface area contributed by atoms with Gasteiger partial charge in [-0.1, -0.05) is 6.92 Å². The molecular formula is C13H24N2OS. The molecule has 1 rings (SSSR count). The van der Waals surface area contributed by atoms with Crippen LogP contribution in [-0.4, -0.2) is 37.7 Å². The summed E-state index contributed by atoms with van der Waals surface area (Å²) in [6.45, 7) is 8.92. The maximum Gasteiger partial charge on any atom is 0.0615 e. The highest BCUT2D eigenvalue weighted by atomic mass is 32.1. The van der Waals surface area contributed by atoms with Crippen molar-refractivity contribution in [1.82, 2.24) is 4.90 Å². The predicted molar refractivity (Wildman–Crippen MR) is 74.6 cm³/mol. The van der Waals surface area contributed by atoms with Gasteiger partial charge in [-0.3, -0.25) is 4.90 Å². The van der Waals surface area contributed by atoms with Crippen molar-refractivity contribution in [2.24, 2.45) is 5.73 Å². The minimum Gasteiger partial charge on any atom is -0.383 e. The van der Waals surface area contributed by atoms with Crippen LogP contribution >= 0.6 is 11.3 Å². The van der Waals surface area contributed by atoms with Crippen molar-refractivity contribution in [2.75, 3.05) is 26.8 Å². The van der Waals surface area contributed by atoms with E-state index >= 15 is 0 Å². The number of hydrogen-bond acceptors (Lipinski definition) is 4. The van der Waals surface area contributed by atoms with E-state index in [1.165, 1.54) is 10.4 Å². The molecule has 1 aromatic heterocycles. The van der Waals surface area contributed by atoms with Gasteiger partial charge in [0.1, 0.15) is 0 Å². The molecule has 4 heteroatoms. The fourth-order valence-corrected chi connectivity index (χ4v) is 3.36. The molecule has 0 amide bonds. The molecule has 1 heterocycles. The number of nitrogens with zero attached hydrogens (tertiary/aromatic N) is 1. The average molecular weight is 256 g/mol. The summed E-state index contributed by atoms with van der Waals surface area (Å²) in [5, 5.41) is 2.14. The molecule has 0 aromatic carbocycles. The van der Waals surface area contributed by atoms with Crippen molar-refractivity contribution in [3.63, 3.8) is 0 Å². The van der Waals surface area contributed by atoms with E-state index in [9.17, 15) is 0 Å². The molecule has 0 saturated heterocycles. The predicted octanol–water partition coefficient (Wildman–Crippen LogP) is 2.41. The van der Waals surface area contributed by atoms with E-state index in [0.717, 1.165) is 13.2 Å². The van der Waals surface area contributed by atoms with Crippen LogP contribution in [0, 0.1) is 6.92 Å². The first-order chi connectivity index (χ1) is 8.15. The van der Waals surface area contributed by atoms with Crippen LogP contribution in [0.3, 0.4) is 0 Å². The van der Waals surface area contributed by atoms with Crippen molar-refractivity contribution < 1.29 is 4.74 Å². The number of rotatable bonds is 7. The van der Waals surface area contributed by atoms with Gasteiger partial charge in [0.25, 0.3) is 0 Å². The van der Waals surface area contributed by atoms with Gasteiger partial charge in [-0.05, 0) is 37.4 Å². The molecule has 2 N–H and O–H groups in total. The molecule has 0 spiro atoms. The zero-order chi connectivity index (χ0) is 12.8. The second-order valence-electron chi connectivity index (χ2n) is 4.35. The molecule has 2 atom stereocenters. The quantitative estimate of drug-likeness (QED) is 0.814. The lowest BCUT2D eigenvalue weighted by Crippen LogP contribution is -2.42. The summed E-state index contributed by atoms with van der Waals surface area (Å²) in [5.41, 5.74) is 7.31. The Kier molecular flexibility index (Phi) is 6.12. The Hall–Kier alpha value is -0.420. The van der Waals surface area contributed by atoms with E-state index in [1.54, 1.807) is 18.4 Å². The van der Waals surface area contributed by atoms with Crippen LogP contribution in [0.4, 0.5) is 0 Å². The highest BCUT2D eigenvalue weighted by molar-refractivity contribution is 7.10. The number of ether oxygens (including phenoxy) is 1. The first kappa shape index (κ1) is 14.6. The van der Waals surface area contributed by atoms with Gasteiger partial charge < -0.3 is 10.5 Å². The third kappa shape index (κ3) is 3.52. The molecule has 0 aliphatic heterocycles. The zero-order valence-electron chi connectivity index (χ0n) is 11.3. The molecule has 0 aliphatic rings. The second kappa shape index (κ2) is 7.11. The van der Waals surface area contributed by atoms with Crippen LogP contribution < -0.4 is 5.73 Å². The summed E-state index contributed by atoms with van der Waals surface area (Å²) >= 11 is 1.80. The van der Waals surface area contributed by atoms with E-state index < -0.39 is 0 Å². The Bertz CT molecular complexity index is 327. The van der Waals surface area contributed by atoms with E-state index in [2.05, 4.69) is 37.1 Å². The molecule has 98 valence electrons. The lowest BCUT2D eigenvalue weighted by atomic mass is 10.1. The Morgan fingerprint density at radius 2 is 2.24 bits per heavy atom. The minimum atomic E-state index is 0.310. The van der Waals surface area contributed by atoms with E-state index in [1.807, 2.05) is 0 Å². The zero-order valence-corrected chi connectivity index (χ0v) is 12.1. The lowest BCUT2D eigenvalue weighted by Gasteiger charge is -2.34. The standard InChI is InChI=1S/C13H24N2OS/c1-5-15(11(3)9-16-4)12(8-14)13-10(2)6-7-17-13/h6-7,11-12H,5,8-9,14H2,1-4H3. The Labute approximate surface area is 109 Å². The van der Waals surface area contributed by atoms with Crippen LogP contribution in [-0.2, 0) is 4.74 Å². The fraction of sp³-hybridized carbons (Fsp3) is 0.692. The Morgan fingerprint density at radius 1 is 1.53 bits per heavy atom. The van der Waals surface area contributed by atoms with Gasteiger partial charge in [0.15, 0.2) is 0 Å². The number of methoxy groups -OCH3 is 1. The summed E-state index contributed by atoms with van der Waals surface area (Å²) in [4.78, 5) is 3.81. The molecule has 17 heavy (non-hydrogen) atoms. The lowest BCUT2D eigenvalue weighted by molar-refractivity contribution is 0.0760. The monoisotopic (exact) mass is 256 g/mol. The van der Waals surface area contributed by atoms with Crippen molar-refractivity contribution in [3.8, 4) is 0 Å². The summed E-state index contributed by atoms with van der Waals surface area (Å²) in [7, 11) is 1.75. The number of likely N-dealkylation sites (N-methyl/N-ethyl adjacent to an activating group) is 1. The maximum atomic E-state index is 5.97. The molecular weight excluding hydrogens is 232 g/mol. The molecule has 2 unspecified atom stereocenters. The van der Waals surface area contributed by atoms with Gasteiger partial charge >= 0.3 is 0 Å². The maximum absolute atomic E-state index is 5.97. The largest absolute Gasteiger partial charge is 0.383 e. The van der Waals surface area contributed by atoms with Crippen LogP contribution in [0.15, 0.2) is 11.4 Å². The second-order valence-corrected chi connectivity index (χ2v) is 5.30. The first-order valence-corrected chi connectivity index (χ1v) is 7.02. The van der Waals surface area contributed by atoms with Crippen molar-refractivity contribution in [3.05, 3.63) is 21.9 Å². The minimum absolute atomic E-state index is 0.310. The van der Waals surface area contributed by atoms with Crippen molar-refractivity contribution in [1.29, 1.82) is 0 Å². The first-order valence-electron chi connectivity index (χ1n) is 6.14. The van der Waals surface area contributed by atoms with Gasteiger partial charge in [0, 0.05) is 24.6 Å². The fourth-order valence-electron chi connectivity index (χ4n) is 2.30. The number of hydrogen-bond donors (Lipinski definition) is 1.